The van der Waals surface area contributed by atoms with Crippen molar-refractivity contribution in [3.63, 3.8) is 0 Å². The van der Waals surface area contributed by atoms with Crippen molar-refractivity contribution in [2.75, 3.05) is 0 Å². The molecule has 2 nitrogen and oxygen atoms in total. The second kappa shape index (κ2) is 5.17. The van der Waals surface area contributed by atoms with Gasteiger partial charge in [0.15, 0.2) is 5.78 Å². The third-order valence-corrected chi connectivity index (χ3v) is 2.97. The number of hydrogen-bond acceptors (Lipinski definition) is 2. The van der Waals surface area contributed by atoms with Crippen LogP contribution in [0.15, 0.2) is 36.0 Å². The first kappa shape index (κ1) is 11.9. The first-order valence-corrected chi connectivity index (χ1v) is 6.27. The molecular formula is C15H19NO. The van der Waals surface area contributed by atoms with Crippen molar-refractivity contribution in [1.29, 1.82) is 0 Å². The Morgan fingerprint density at radius 2 is 1.82 bits per heavy atom. The summed E-state index contributed by atoms with van der Waals surface area (Å²) in [5, 5.41) is 3.31. The highest BCUT2D eigenvalue weighted by Gasteiger charge is 2.21. The van der Waals surface area contributed by atoms with Gasteiger partial charge in [-0.15, -0.1) is 0 Å². The van der Waals surface area contributed by atoms with Gasteiger partial charge in [0.05, 0.1) is 5.70 Å². The molecule has 1 N–H and O–H groups in total. The average molecular weight is 229 g/mol. The van der Waals surface area contributed by atoms with Crippen molar-refractivity contribution in [3.8, 4) is 0 Å². The Morgan fingerprint density at radius 1 is 1.12 bits per heavy atom. The van der Waals surface area contributed by atoms with Crippen LogP contribution in [0.25, 0.3) is 5.57 Å². The van der Waals surface area contributed by atoms with Crippen molar-refractivity contribution in [3.05, 3.63) is 41.6 Å². The highest BCUT2D eigenvalue weighted by atomic mass is 16.1. The number of allylic oxidation sites excluding steroid dienone is 2. The molecule has 1 aromatic carbocycles. The second-order valence-corrected chi connectivity index (χ2v) is 4.80. The van der Waals surface area contributed by atoms with Crippen LogP contribution in [-0.2, 0) is 4.79 Å². The molecule has 90 valence electrons. The molecule has 0 radical (unpaired) electrons. The summed E-state index contributed by atoms with van der Waals surface area (Å²) in [4.78, 5) is 12.0. The largest absolute Gasteiger partial charge is 0.380 e. The van der Waals surface area contributed by atoms with Crippen LogP contribution in [0.5, 0.6) is 0 Å². The van der Waals surface area contributed by atoms with E-state index in [4.69, 9.17) is 0 Å². The Bertz CT molecular complexity index is 431. The highest BCUT2D eigenvalue weighted by molar-refractivity contribution is 6.03. The van der Waals surface area contributed by atoms with Crippen LogP contribution in [0.1, 0.15) is 38.7 Å². The molecule has 0 fully saturated rings. The predicted molar refractivity (Wildman–Crippen MR) is 70.5 cm³/mol. The standard InChI is InChI=1S/C15H19NO/c1-11(2)16-15-13(9-6-10-14(15)17)12-7-4-3-5-8-12/h3-5,7-8,11,16H,6,9-10H2,1-2H3. The molecule has 0 heterocycles. The molecule has 2 heteroatoms. The van der Waals surface area contributed by atoms with Gasteiger partial charge in [0.2, 0.25) is 0 Å². The molecule has 0 atom stereocenters. The van der Waals surface area contributed by atoms with Gasteiger partial charge in [0.1, 0.15) is 0 Å². The van der Waals surface area contributed by atoms with E-state index in [2.05, 4.69) is 31.3 Å². The number of hydrogen-bond donors (Lipinski definition) is 1. The lowest BCUT2D eigenvalue weighted by Gasteiger charge is -2.22. The Kier molecular flexibility index (Phi) is 3.62. The molecule has 0 saturated heterocycles. The lowest BCUT2D eigenvalue weighted by molar-refractivity contribution is -0.116. The molecule has 17 heavy (non-hydrogen) atoms. The Morgan fingerprint density at radius 3 is 2.47 bits per heavy atom. The van der Waals surface area contributed by atoms with Gasteiger partial charge in [-0.25, -0.2) is 0 Å². The fourth-order valence-corrected chi connectivity index (χ4v) is 2.23. The van der Waals surface area contributed by atoms with E-state index in [0.717, 1.165) is 18.5 Å². The first-order valence-electron chi connectivity index (χ1n) is 6.27. The summed E-state index contributed by atoms with van der Waals surface area (Å²) in [5.74, 6) is 0.254. The van der Waals surface area contributed by atoms with Gasteiger partial charge >= 0.3 is 0 Å². The van der Waals surface area contributed by atoms with E-state index in [1.54, 1.807) is 0 Å². The zero-order valence-electron chi connectivity index (χ0n) is 10.5. The minimum atomic E-state index is 0.254. The van der Waals surface area contributed by atoms with Crippen LogP contribution in [0.3, 0.4) is 0 Å². The molecule has 0 saturated carbocycles. The van der Waals surface area contributed by atoms with E-state index in [1.807, 2.05) is 18.2 Å². The van der Waals surface area contributed by atoms with E-state index in [-0.39, 0.29) is 5.78 Å². The van der Waals surface area contributed by atoms with Gasteiger partial charge in [-0.05, 0) is 37.8 Å². The average Bonchev–Trinajstić information content (AvgIpc) is 2.32. The number of carbonyl (C=O) groups is 1. The quantitative estimate of drug-likeness (QED) is 0.862. The van der Waals surface area contributed by atoms with Crippen LogP contribution in [0.4, 0.5) is 0 Å². The lowest BCUT2D eigenvalue weighted by atomic mass is 9.90. The Balaban J connectivity index is 2.41. The second-order valence-electron chi connectivity index (χ2n) is 4.80. The summed E-state index contributed by atoms with van der Waals surface area (Å²) >= 11 is 0. The minimum Gasteiger partial charge on any atom is -0.380 e. The Labute approximate surface area is 103 Å². The van der Waals surface area contributed by atoms with Crippen molar-refractivity contribution < 1.29 is 4.79 Å². The van der Waals surface area contributed by atoms with Crippen molar-refractivity contribution in [2.24, 2.45) is 0 Å². The SMILES string of the molecule is CC(C)NC1=C(c2ccccc2)CCCC1=O. The molecule has 0 unspecified atom stereocenters. The maximum absolute atomic E-state index is 12.0. The van der Waals surface area contributed by atoms with E-state index < -0.39 is 0 Å². The summed E-state index contributed by atoms with van der Waals surface area (Å²) in [7, 11) is 0. The van der Waals surface area contributed by atoms with Gasteiger partial charge in [-0.3, -0.25) is 4.79 Å². The molecule has 0 amide bonds. The van der Waals surface area contributed by atoms with Crippen LogP contribution < -0.4 is 5.32 Å². The summed E-state index contributed by atoms with van der Waals surface area (Å²) < 4.78 is 0. The van der Waals surface area contributed by atoms with Crippen molar-refractivity contribution in [1.82, 2.24) is 5.32 Å². The first-order chi connectivity index (χ1) is 8.18. The number of carbonyl (C=O) groups excluding carboxylic acids is 1. The van der Waals surface area contributed by atoms with Crippen molar-refractivity contribution >= 4 is 11.4 Å². The minimum absolute atomic E-state index is 0.254. The van der Waals surface area contributed by atoms with Gasteiger partial charge in [-0.1, -0.05) is 30.3 Å². The van der Waals surface area contributed by atoms with Crippen LogP contribution in [-0.4, -0.2) is 11.8 Å². The highest BCUT2D eigenvalue weighted by Crippen LogP contribution is 2.29. The molecule has 0 aromatic heterocycles. The molecule has 0 aliphatic heterocycles. The van der Waals surface area contributed by atoms with Gasteiger partial charge < -0.3 is 5.32 Å². The lowest BCUT2D eigenvalue weighted by Crippen LogP contribution is -2.30. The smallest absolute Gasteiger partial charge is 0.178 e. The van der Waals surface area contributed by atoms with Gasteiger partial charge in [0, 0.05) is 12.5 Å². The summed E-state index contributed by atoms with van der Waals surface area (Å²) in [6, 6.07) is 10.5. The number of ketones is 1. The summed E-state index contributed by atoms with van der Waals surface area (Å²) in [6.07, 6.45) is 2.63. The van der Waals surface area contributed by atoms with Crippen LogP contribution in [0, 0.1) is 0 Å². The predicted octanol–water partition coefficient (Wildman–Crippen LogP) is 3.15. The third-order valence-electron chi connectivity index (χ3n) is 2.97. The topological polar surface area (TPSA) is 29.1 Å². The molecular weight excluding hydrogens is 210 g/mol. The summed E-state index contributed by atoms with van der Waals surface area (Å²) in [5.41, 5.74) is 3.18. The number of rotatable bonds is 3. The zero-order valence-corrected chi connectivity index (χ0v) is 10.5. The molecule has 2 rings (SSSR count). The molecule has 1 aliphatic carbocycles. The van der Waals surface area contributed by atoms with Gasteiger partial charge in [-0.2, -0.15) is 0 Å². The van der Waals surface area contributed by atoms with Gasteiger partial charge in [0.25, 0.3) is 0 Å². The van der Waals surface area contributed by atoms with E-state index in [1.165, 1.54) is 11.1 Å². The number of nitrogens with one attached hydrogen (secondary N) is 1. The molecule has 1 aromatic rings. The van der Waals surface area contributed by atoms with E-state index >= 15 is 0 Å². The van der Waals surface area contributed by atoms with E-state index in [9.17, 15) is 4.79 Å². The van der Waals surface area contributed by atoms with Crippen molar-refractivity contribution in [2.45, 2.75) is 39.2 Å². The maximum Gasteiger partial charge on any atom is 0.178 e. The third kappa shape index (κ3) is 2.76. The molecule has 0 bridgehead atoms. The summed E-state index contributed by atoms with van der Waals surface area (Å²) in [6.45, 7) is 4.13. The fourth-order valence-electron chi connectivity index (χ4n) is 2.23. The number of benzene rings is 1. The molecule has 0 spiro atoms. The maximum atomic E-state index is 12.0. The Hall–Kier alpha value is -1.57. The number of Topliss-reactive ketones (excluding diaryl/α,β-unsaturated/α-hetero) is 1. The molecule has 1 aliphatic rings. The normalized spacial score (nSPS) is 16.5. The zero-order chi connectivity index (χ0) is 12.3. The fraction of sp³-hybridized carbons (Fsp3) is 0.400. The van der Waals surface area contributed by atoms with E-state index in [0.29, 0.717) is 12.5 Å². The van der Waals surface area contributed by atoms with Crippen LogP contribution >= 0.6 is 0 Å². The van der Waals surface area contributed by atoms with Crippen LogP contribution in [0.2, 0.25) is 0 Å². The monoisotopic (exact) mass is 229 g/mol.